The smallest absolute Gasteiger partial charge is 0.243 e. The Morgan fingerprint density at radius 3 is 2.52 bits per heavy atom. The maximum atomic E-state index is 13.4. The molecule has 2 aromatic carbocycles. The zero-order valence-corrected chi connectivity index (χ0v) is 22.1. The Balaban J connectivity index is 1.54. The Morgan fingerprint density at radius 1 is 1.15 bits per heavy atom. The molecule has 1 aliphatic rings. The van der Waals surface area contributed by atoms with Gasteiger partial charge in [-0.2, -0.15) is 4.31 Å². The van der Waals surface area contributed by atoms with Crippen LogP contribution in [-0.4, -0.2) is 42.8 Å². The summed E-state index contributed by atoms with van der Waals surface area (Å²) >= 11 is 2.30. The molecule has 33 heavy (non-hydrogen) atoms. The summed E-state index contributed by atoms with van der Waals surface area (Å²) in [6.07, 6.45) is 4.51. The lowest BCUT2D eigenvalue weighted by atomic mass is 9.90. The van der Waals surface area contributed by atoms with Gasteiger partial charge >= 0.3 is 0 Å². The number of ether oxygens (including phenoxy) is 1. The minimum Gasteiger partial charge on any atom is -0.491 e. The lowest BCUT2D eigenvalue weighted by Gasteiger charge is -2.31. The van der Waals surface area contributed by atoms with Gasteiger partial charge in [-0.3, -0.25) is 0 Å². The number of benzene rings is 2. The molecule has 1 fully saturated rings. The van der Waals surface area contributed by atoms with Crippen molar-refractivity contribution in [2.75, 3.05) is 13.1 Å². The van der Waals surface area contributed by atoms with Crippen LogP contribution in [0.2, 0.25) is 0 Å². The molecule has 1 aliphatic heterocycles. The Hall–Kier alpha value is -1.91. The van der Waals surface area contributed by atoms with E-state index in [0.717, 1.165) is 33.6 Å². The van der Waals surface area contributed by atoms with Crippen LogP contribution in [0.25, 0.3) is 10.9 Å². The van der Waals surface area contributed by atoms with Crippen LogP contribution >= 0.6 is 22.6 Å². The Morgan fingerprint density at radius 2 is 1.88 bits per heavy atom. The van der Waals surface area contributed by atoms with E-state index in [4.69, 9.17) is 4.74 Å². The van der Waals surface area contributed by atoms with E-state index >= 15 is 0 Å². The summed E-state index contributed by atoms with van der Waals surface area (Å²) in [4.78, 5) is 11.5. The Bertz CT molecular complexity index is 1280. The first-order valence-corrected chi connectivity index (χ1v) is 13.7. The number of hydrogen-bond acceptors (Lipinski definition) is 4. The first kappa shape index (κ1) is 24.2. The van der Waals surface area contributed by atoms with Gasteiger partial charge in [0.05, 0.1) is 17.5 Å². The number of sulfonamides is 1. The van der Waals surface area contributed by atoms with Crippen molar-refractivity contribution in [2.45, 2.75) is 57.1 Å². The van der Waals surface area contributed by atoms with Gasteiger partial charge in [0.2, 0.25) is 10.0 Å². The number of halogens is 1. The summed E-state index contributed by atoms with van der Waals surface area (Å²) in [6.45, 7) is 6.97. The highest BCUT2D eigenvalue weighted by Crippen LogP contribution is 2.37. The van der Waals surface area contributed by atoms with E-state index in [0.29, 0.717) is 35.8 Å². The number of aryl methyl sites for hydroxylation is 1. The van der Waals surface area contributed by atoms with Crippen LogP contribution < -0.4 is 4.74 Å². The Kier molecular flexibility index (Phi) is 7.16. The summed E-state index contributed by atoms with van der Waals surface area (Å²) in [5.41, 5.74) is 2.95. The number of piperidine rings is 1. The van der Waals surface area contributed by atoms with Gasteiger partial charge in [0, 0.05) is 33.8 Å². The number of carbonyl (C=O) groups excluding carboxylic acids is 1. The summed E-state index contributed by atoms with van der Waals surface area (Å²) < 4.78 is 37.2. The van der Waals surface area contributed by atoms with Gasteiger partial charge in [-0.05, 0) is 110 Å². The van der Waals surface area contributed by atoms with Gasteiger partial charge < -0.3 is 14.1 Å². The van der Waals surface area contributed by atoms with Crippen LogP contribution in [0.3, 0.4) is 0 Å². The second kappa shape index (κ2) is 9.76. The molecule has 1 aromatic heterocycles. The zero-order valence-electron chi connectivity index (χ0n) is 19.1. The summed E-state index contributed by atoms with van der Waals surface area (Å²) in [5.74, 6) is 0.939. The summed E-state index contributed by atoms with van der Waals surface area (Å²) in [5, 5.41) is 1.15. The average molecular weight is 580 g/mol. The molecule has 8 heteroatoms. The zero-order chi connectivity index (χ0) is 23.8. The van der Waals surface area contributed by atoms with Crippen molar-refractivity contribution in [3.8, 4) is 5.75 Å². The molecule has 0 unspecified atom stereocenters. The third-order valence-corrected chi connectivity index (χ3v) is 8.90. The summed E-state index contributed by atoms with van der Waals surface area (Å²) in [7, 11) is -3.57. The topological polar surface area (TPSA) is 68.6 Å². The molecule has 1 saturated heterocycles. The number of fused-ring (bicyclic) bond motifs is 1. The van der Waals surface area contributed by atoms with Gasteiger partial charge in [-0.1, -0.05) is 0 Å². The number of carbonyl (C=O) groups is 1. The first-order valence-electron chi connectivity index (χ1n) is 11.2. The highest BCUT2D eigenvalue weighted by molar-refractivity contribution is 14.1. The number of nitrogens with zero attached hydrogens (tertiary/aromatic N) is 2. The van der Waals surface area contributed by atoms with Crippen molar-refractivity contribution in [2.24, 2.45) is 0 Å². The molecule has 0 amide bonds. The van der Waals surface area contributed by atoms with E-state index in [-0.39, 0.29) is 12.0 Å². The molecule has 0 radical (unpaired) electrons. The molecule has 176 valence electrons. The van der Waals surface area contributed by atoms with Crippen molar-refractivity contribution in [1.82, 2.24) is 8.87 Å². The van der Waals surface area contributed by atoms with Gasteiger partial charge in [0.25, 0.3) is 0 Å². The fraction of sp³-hybridized carbons (Fsp3) is 0.400. The maximum Gasteiger partial charge on any atom is 0.243 e. The SMILES string of the molecule is Cc1cc(OC(C)C)ccc1S(=O)(=O)N1CCC(c2cn(CC=O)c3ccc(I)cc23)CC1. The van der Waals surface area contributed by atoms with E-state index in [1.54, 1.807) is 22.5 Å². The lowest BCUT2D eigenvalue weighted by Crippen LogP contribution is -2.38. The molecule has 0 atom stereocenters. The highest BCUT2D eigenvalue weighted by Gasteiger charge is 2.32. The minimum absolute atomic E-state index is 0.0339. The molecule has 0 saturated carbocycles. The third kappa shape index (κ3) is 4.97. The molecule has 4 rings (SSSR count). The van der Waals surface area contributed by atoms with Crippen molar-refractivity contribution >= 4 is 49.8 Å². The van der Waals surface area contributed by atoms with Crippen molar-refractivity contribution in [1.29, 1.82) is 0 Å². The van der Waals surface area contributed by atoms with Crippen molar-refractivity contribution in [3.05, 3.63) is 57.3 Å². The second-order valence-corrected chi connectivity index (χ2v) is 12.0. The number of hydrogen-bond donors (Lipinski definition) is 0. The largest absolute Gasteiger partial charge is 0.491 e. The van der Waals surface area contributed by atoms with E-state index in [1.807, 2.05) is 31.4 Å². The molecule has 3 aromatic rings. The molecule has 6 nitrogen and oxygen atoms in total. The molecular weight excluding hydrogens is 551 g/mol. The fourth-order valence-electron chi connectivity index (χ4n) is 4.66. The van der Waals surface area contributed by atoms with Crippen molar-refractivity contribution in [3.63, 3.8) is 0 Å². The van der Waals surface area contributed by atoms with Gasteiger partial charge in [-0.15, -0.1) is 0 Å². The monoisotopic (exact) mass is 580 g/mol. The minimum atomic E-state index is -3.57. The predicted molar refractivity (Wildman–Crippen MR) is 138 cm³/mol. The molecule has 0 spiro atoms. The lowest BCUT2D eigenvalue weighted by molar-refractivity contribution is -0.108. The number of rotatable bonds is 7. The molecule has 0 aliphatic carbocycles. The van der Waals surface area contributed by atoms with Crippen LogP contribution in [-0.2, 0) is 21.4 Å². The van der Waals surface area contributed by atoms with Gasteiger partial charge in [0.15, 0.2) is 0 Å². The third-order valence-electron chi connectivity index (χ3n) is 6.17. The van der Waals surface area contributed by atoms with E-state index in [1.165, 1.54) is 5.56 Å². The second-order valence-electron chi connectivity index (χ2n) is 8.84. The highest BCUT2D eigenvalue weighted by atomic mass is 127. The Labute approximate surface area is 209 Å². The van der Waals surface area contributed by atoms with Gasteiger partial charge in [-0.25, -0.2) is 8.42 Å². The predicted octanol–water partition coefficient (Wildman–Crippen LogP) is 5.11. The van der Waals surface area contributed by atoms with E-state index in [2.05, 4.69) is 40.9 Å². The number of aromatic nitrogens is 1. The normalized spacial score (nSPS) is 15.9. The standard InChI is InChI=1S/C25H29IN2O4S/c1-17(2)32-21-5-7-25(18(3)14-21)33(30,31)28-10-8-19(9-11-28)23-16-27(12-13-29)24-6-4-20(26)15-22(23)24/h4-7,13-17,19H,8-12H2,1-3H3. The van der Waals surface area contributed by atoms with Crippen LogP contribution in [0, 0.1) is 10.5 Å². The molecule has 2 heterocycles. The van der Waals surface area contributed by atoms with Crippen LogP contribution in [0.4, 0.5) is 0 Å². The van der Waals surface area contributed by atoms with Crippen LogP contribution in [0.15, 0.2) is 47.5 Å². The fourth-order valence-corrected chi connectivity index (χ4v) is 6.82. The average Bonchev–Trinajstić information content (AvgIpc) is 3.11. The van der Waals surface area contributed by atoms with Gasteiger partial charge in [0.1, 0.15) is 12.0 Å². The quantitative estimate of drug-likeness (QED) is 0.288. The van der Waals surface area contributed by atoms with E-state index < -0.39 is 10.0 Å². The first-order chi connectivity index (χ1) is 15.7. The molecule has 0 bridgehead atoms. The van der Waals surface area contributed by atoms with Crippen molar-refractivity contribution < 1.29 is 17.9 Å². The van der Waals surface area contributed by atoms with E-state index in [9.17, 15) is 13.2 Å². The molecular formula is C25H29IN2O4S. The molecule has 0 N–H and O–H groups in total. The van der Waals surface area contributed by atoms with Crippen LogP contribution in [0.1, 0.15) is 43.7 Å². The summed E-state index contributed by atoms with van der Waals surface area (Å²) in [6, 6.07) is 11.4. The van der Waals surface area contributed by atoms with Crippen LogP contribution in [0.5, 0.6) is 5.75 Å². The number of aldehydes is 1. The maximum absolute atomic E-state index is 13.4.